The molecule has 0 aromatic heterocycles. The molecule has 0 heterocycles. The van der Waals surface area contributed by atoms with E-state index in [1.165, 1.54) is 6.07 Å². The number of nitrogens with one attached hydrogen (secondary N) is 1. The molecule has 112 valence electrons. The molecule has 0 aliphatic rings. The second-order valence-electron chi connectivity index (χ2n) is 5.11. The molecular formula is C17H19ClFNO. The van der Waals surface area contributed by atoms with Gasteiger partial charge in [0, 0.05) is 28.7 Å². The van der Waals surface area contributed by atoms with E-state index in [-0.39, 0.29) is 17.8 Å². The predicted octanol–water partition coefficient (Wildman–Crippen LogP) is 4.99. The fourth-order valence-corrected chi connectivity index (χ4v) is 2.53. The molecular weight excluding hydrogens is 289 g/mol. The van der Waals surface area contributed by atoms with Crippen molar-refractivity contribution in [3.63, 3.8) is 0 Å². The first kappa shape index (κ1) is 15.8. The van der Waals surface area contributed by atoms with Gasteiger partial charge in [-0.3, -0.25) is 0 Å². The van der Waals surface area contributed by atoms with Crippen LogP contribution in [-0.4, -0.2) is 5.11 Å². The molecule has 0 spiro atoms. The van der Waals surface area contributed by atoms with Crippen LogP contribution in [0, 0.1) is 5.82 Å². The Kier molecular flexibility index (Phi) is 5.21. The van der Waals surface area contributed by atoms with Crippen molar-refractivity contribution in [3.05, 3.63) is 64.4 Å². The van der Waals surface area contributed by atoms with Crippen molar-refractivity contribution in [3.8, 4) is 5.75 Å². The van der Waals surface area contributed by atoms with Gasteiger partial charge in [-0.05, 0) is 37.1 Å². The third kappa shape index (κ3) is 3.96. The number of rotatable bonds is 5. The fourth-order valence-electron chi connectivity index (χ4n) is 2.40. The first-order chi connectivity index (χ1) is 10.0. The average molecular weight is 308 g/mol. The third-order valence-corrected chi connectivity index (χ3v) is 3.83. The molecule has 0 aliphatic carbocycles. The highest BCUT2D eigenvalue weighted by molar-refractivity contribution is 6.30. The molecule has 0 fully saturated rings. The smallest absolute Gasteiger partial charge is 0.131 e. The molecule has 0 bridgehead atoms. The van der Waals surface area contributed by atoms with Gasteiger partial charge in [0.25, 0.3) is 0 Å². The minimum Gasteiger partial charge on any atom is -0.508 e. The van der Waals surface area contributed by atoms with Gasteiger partial charge >= 0.3 is 0 Å². The van der Waals surface area contributed by atoms with Gasteiger partial charge in [-0.25, -0.2) is 4.39 Å². The highest BCUT2D eigenvalue weighted by Crippen LogP contribution is 2.26. The first-order valence-electron chi connectivity index (χ1n) is 7.01. The lowest BCUT2D eigenvalue weighted by atomic mass is 10.0. The van der Waals surface area contributed by atoms with Crippen molar-refractivity contribution in [2.24, 2.45) is 0 Å². The van der Waals surface area contributed by atoms with Crippen molar-refractivity contribution >= 4 is 11.6 Å². The normalized spacial score (nSPS) is 13.9. The minimum atomic E-state index is -0.402. The van der Waals surface area contributed by atoms with Crippen LogP contribution >= 0.6 is 11.6 Å². The van der Waals surface area contributed by atoms with Crippen molar-refractivity contribution in [1.82, 2.24) is 5.32 Å². The van der Waals surface area contributed by atoms with Crippen molar-refractivity contribution in [1.29, 1.82) is 0 Å². The quantitative estimate of drug-likeness (QED) is 0.816. The highest BCUT2D eigenvalue weighted by atomic mass is 35.5. The van der Waals surface area contributed by atoms with E-state index in [2.05, 4.69) is 12.2 Å². The van der Waals surface area contributed by atoms with Crippen LogP contribution in [0.4, 0.5) is 4.39 Å². The molecule has 0 aliphatic heterocycles. The molecule has 2 atom stereocenters. The zero-order valence-electron chi connectivity index (χ0n) is 12.1. The fraction of sp³-hybridized carbons (Fsp3) is 0.294. The maximum absolute atomic E-state index is 13.9. The number of phenolic OH excluding ortho intramolecular Hbond substituents is 1. The second kappa shape index (κ2) is 6.92. The molecule has 0 amide bonds. The van der Waals surface area contributed by atoms with Crippen LogP contribution in [0.1, 0.15) is 43.5 Å². The summed E-state index contributed by atoms with van der Waals surface area (Å²) in [5.41, 5.74) is 1.66. The molecule has 2 aromatic rings. The van der Waals surface area contributed by atoms with Crippen LogP contribution in [0.5, 0.6) is 5.75 Å². The van der Waals surface area contributed by atoms with Gasteiger partial charge in [-0.1, -0.05) is 36.7 Å². The summed E-state index contributed by atoms with van der Waals surface area (Å²) in [4.78, 5) is 0. The Morgan fingerprint density at radius 3 is 2.43 bits per heavy atom. The van der Waals surface area contributed by atoms with Crippen molar-refractivity contribution in [2.45, 2.75) is 32.4 Å². The summed E-state index contributed by atoms with van der Waals surface area (Å²) in [6, 6.07) is 11.9. The molecule has 2 nitrogen and oxygen atoms in total. The monoisotopic (exact) mass is 307 g/mol. The molecule has 2 N–H and O–H groups in total. The van der Waals surface area contributed by atoms with Gasteiger partial charge in [0.1, 0.15) is 11.6 Å². The lowest BCUT2D eigenvalue weighted by Gasteiger charge is -2.23. The molecule has 0 saturated carbocycles. The number of hydrogen-bond donors (Lipinski definition) is 2. The topological polar surface area (TPSA) is 32.3 Å². The van der Waals surface area contributed by atoms with Crippen LogP contribution in [0.25, 0.3) is 0 Å². The molecule has 21 heavy (non-hydrogen) atoms. The summed E-state index contributed by atoms with van der Waals surface area (Å²) in [5, 5.41) is 13.4. The lowest BCUT2D eigenvalue weighted by molar-refractivity contribution is 0.436. The van der Waals surface area contributed by atoms with Crippen LogP contribution in [-0.2, 0) is 0 Å². The van der Waals surface area contributed by atoms with Gasteiger partial charge in [-0.2, -0.15) is 0 Å². The Morgan fingerprint density at radius 1 is 1.19 bits per heavy atom. The summed E-state index contributed by atoms with van der Waals surface area (Å²) < 4.78 is 13.9. The zero-order chi connectivity index (χ0) is 15.4. The highest BCUT2D eigenvalue weighted by Gasteiger charge is 2.16. The maximum atomic E-state index is 13.9. The Balaban J connectivity index is 2.15. The largest absolute Gasteiger partial charge is 0.508 e. The van der Waals surface area contributed by atoms with E-state index in [9.17, 15) is 9.50 Å². The van der Waals surface area contributed by atoms with Crippen LogP contribution < -0.4 is 5.32 Å². The van der Waals surface area contributed by atoms with E-state index in [0.29, 0.717) is 10.6 Å². The second-order valence-corrected chi connectivity index (χ2v) is 5.54. The Hall–Kier alpha value is -1.58. The van der Waals surface area contributed by atoms with Crippen LogP contribution in [0.2, 0.25) is 5.02 Å². The number of hydrogen-bond acceptors (Lipinski definition) is 2. The van der Waals surface area contributed by atoms with E-state index in [4.69, 9.17) is 11.6 Å². The molecule has 4 heteroatoms. The van der Waals surface area contributed by atoms with Crippen molar-refractivity contribution in [2.75, 3.05) is 0 Å². The summed E-state index contributed by atoms with van der Waals surface area (Å²) in [5.74, 6) is -0.464. The number of aromatic hydroxyl groups is 1. The third-order valence-electron chi connectivity index (χ3n) is 3.58. The molecule has 0 saturated heterocycles. The van der Waals surface area contributed by atoms with Gasteiger partial charge < -0.3 is 10.4 Å². The van der Waals surface area contributed by atoms with Crippen molar-refractivity contribution < 1.29 is 9.50 Å². The van der Waals surface area contributed by atoms with Gasteiger partial charge in [-0.15, -0.1) is 0 Å². The van der Waals surface area contributed by atoms with E-state index in [0.717, 1.165) is 18.1 Å². The summed E-state index contributed by atoms with van der Waals surface area (Å²) >= 11 is 5.90. The summed E-state index contributed by atoms with van der Waals surface area (Å²) in [7, 11) is 0. The van der Waals surface area contributed by atoms with Crippen LogP contribution in [0.3, 0.4) is 0 Å². The van der Waals surface area contributed by atoms with Gasteiger partial charge in [0.15, 0.2) is 0 Å². The van der Waals surface area contributed by atoms with E-state index >= 15 is 0 Å². The van der Waals surface area contributed by atoms with E-state index in [1.807, 2.05) is 31.2 Å². The minimum absolute atomic E-state index is 0.0619. The van der Waals surface area contributed by atoms with Gasteiger partial charge in [0.2, 0.25) is 0 Å². The summed E-state index contributed by atoms with van der Waals surface area (Å²) in [6.45, 7) is 3.99. The number of halogens is 2. The predicted molar refractivity (Wildman–Crippen MR) is 84.1 cm³/mol. The zero-order valence-corrected chi connectivity index (χ0v) is 12.9. The van der Waals surface area contributed by atoms with Gasteiger partial charge in [0.05, 0.1) is 0 Å². The standard InChI is InChI=1S/C17H19ClFNO/c1-3-17(12-4-6-13(18)7-5-12)20-11(2)15-9-8-14(21)10-16(15)19/h4-11,17,20-21H,3H2,1-2H3. The first-order valence-corrected chi connectivity index (χ1v) is 7.39. The van der Waals surface area contributed by atoms with Crippen LogP contribution in [0.15, 0.2) is 42.5 Å². The molecule has 2 aromatic carbocycles. The van der Waals surface area contributed by atoms with E-state index < -0.39 is 5.82 Å². The molecule has 0 radical (unpaired) electrons. The Labute approximate surface area is 129 Å². The summed E-state index contributed by atoms with van der Waals surface area (Å²) in [6.07, 6.45) is 0.881. The van der Waals surface area contributed by atoms with E-state index in [1.54, 1.807) is 6.07 Å². The Morgan fingerprint density at radius 2 is 1.86 bits per heavy atom. The maximum Gasteiger partial charge on any atom is 0.131 e. The lowest BCUT2D eigenvalue weighted by Crippen LogP contribution is -2.24. The number of phenols is 1. The molecule has 2 unspecified atom stereocenters. The molecule has 2 rings (SSSR count). The Bertz CT molecular complexity index is 600. The average Bonchev–Trinajstić information content (AvgIpc) is 2.45. The number of benzene rings is 2. The SMILES string of the molecule is CCC(NC(C)c1ccc(O)cc1F)c1ccc(Cl)cc1.